The zero-order chi connectivity index (χ0) is 27.8. The topological polar surface area (TPSA) is 58.6 Å². The van der Waals surface area contributed by atoms with E-state index < -0.39 is 53.3 Å². The Morgan fingerprint density at radius 1 is 0.946 bits per heavy atom. The second-order valence-corrected chi connectivity index (χ2v) is 9.69. The molecule has 1 heterocycles. The first-order valence-corrected chi connectivity index (χ1v) is 11.2. The summed E-state index contributed by atoms with van der Waals surface area (Å²) >= 11 is 0. The van der Waals surface area contributed by atoms with Crippen LogP contribution in [0.15, 0.2) is 42.5 Å². The largest absolute Gasteiger partial charge is 0.444 e. The van der Waals surface area contributed by atoms with E-state index in [0.717, 1.165) is 4.90 Å². The Morgan fingerprint density at radius 2 is 1.54 bits per heavy atom. The van der Waals surface area contributed by atoms with Gasteiger partial charge in [-0.05, 0) is 61.7 Å². The molecular formula is C25H25F7N2O3. The van der Waals surface area contributed by atoms with Crippen molar-refractivity contribution in [2.45, 2.75) is 63.9 Å². The van der Waals surface area contributed by atoms with Crippen molar-refractivity contribution in [3.05, 3.63) is 59.2 Å². The van der Waals surface area contributed by atoms with Gasteiger partial charge in [0, 0.05) is 13.0 Å². The molecule has 0 radical (unpaired) electrons. The van der Waals surface area contributed by atoms with Gasteiger partial charge in [0.1, 0.15) is 17.8 Å². The minimum Gasteiger partial charge on any atom is -0.444 e. The molecule has 1 fully saturated rings. The van der Waals surface area contributed by atoms with Gasteiger partial charge in [0.25, 0.3) is 0 Å². The number of nitrogens with one attached hydrogen (secondary N) is 1. The first-order valence-electron chi connectivity index (χ1n) is 11.2. The average molecular weight is 534 g/mol. The molecular weight excluding hydrogens is 509 g/mol. The number of halogens is 7. The zero-order valence-corrected chi connectivity index (χ0v) is 20.1. The molecule has 5 nitrogen and oxygen atoms in total. The summed E-state index contributed by atoms with van der Waals surface area (Å²) in [6, 6.07) is 5.77. The van der Waals surface area contributed by atoms with E-state index >= 15 is 0 Å². The van der Waals surface area contributed by atoms with E-state index in [-0.39, 0.29) is 36.7 Å². The number of rotatable bonds is 4. The van der Waals surface area contributed by atoms with Gasteiger partial charge in [-0.1, -0.05) is 18.2 Å². The Balaban J connectivity index is 1.79. The summed E-state index contributed by atoms with van der Waals surface area (Å²) in [7, 11) is 0. The van der Waals surface area contributed by atoms with Gasteiger partial charge in [-0.2, -0.15) is 26.3 Å². The van der Waals surface area contributed by atoms with Crippen LogP contribution in [0.3, 0.4) is 0 Å². The predicted molar refractivity (Wildman–Crippen MR) is 120 cm³/mol. The fourth-order valence-electron chi connectivity index (χ4n) is 3.85. The molecule has 0 saturated carbocycles. The zero-order valence-electron chi connectivity index (χ0n) is 20.1. The van der Waals surface area contributed by atoms with Crippen molar-refractivity contribution in [3.63, 3.8) is 0 Å². The third-order valence-electron chi connectivity index (χ3n) is 5.50. The van der Waals surface area contributed by atoms with E-state index in [1.807, 2.05) is 0 Å². The smallest absolute Gasteiger partial charge is 0.416 e. The monoisotopic (exact) mass is 534 g/mol. The van der Waals surface area contributed by atoms with Gasteiger partial charge in [0.15, 0.2) is 0 Å². The number of nitrogens with zero attached hydrogens (tertiary/aromatic N) is 1. The summed E-state index contributed by atoms with van der Waals surface area (Å²) in [6.07, 6.45) is -12.5. The number of likely N-dealkylation sites (tertiary alicyclic amines) is 1. The van der Waals surface area contributed by atoms with E-state index in [9.17, 15) is 40.3 Å². The SMILES string of the molecule is CC(C)(C)OC(=O)N1CC(F)CC1C(=O)NCc1cccc(-c2cc(C(F)(F)F)cc(C(F)(F)F)c2)c1. The van der Waals surface area contributed by atoms with Gasteiger partial charge in [-0.15, -0.1) is 0 Å². The Hall–Kier alpha value is -3.31. The fourth-order valence-corrected chi connectivity index (χ4v) is 3.85. The summed E-state index contributed by atoms with van der Waals surface area (Å²) in [5.41, 5.74) is -3.61. The van der Waals surface area contributed by atoms with Gasteiger partial charge in [0.2, 0.25) is 5.91 Å². The van der Waals surface area contributed by atoms with Crippen LogP contribution in [-0.2, 0) is 28.4 Å². The Kier molecular flexibility index (Phi) is 7.80. The normalized spacial score (nSPS) is 18.6. The first-order chi connectivity index (χ1) is 16.9. The van der Waals surface area contributed by atoms with Gasteiger partial charge < -0.3 is 10.1 Å². The van der Waals surface area contributed by atoms with Crippen molar-refractivity contribution in [1.82, 2.24) is 10.2 Å². The Bertz CT molecular complexity index is 1120. The molecule has 202 valence electrons. The standard InChI is InChI=1S/C25H25F7N2O3/c1-23(2,3)37-22(36)34-13-19(26)11-20(34)21(35)33-12-14-5-4-6-15(7-14)16-8-17(24(27,28)29)10-18(9-16)25(30,31)32/h4-10,19-20H,11-13H2,1-3H3,(H,33,35). The van der Waals surface area contributed by atoms with Gasteiger partial charge in [-0.25, -0.2) is 9.18 Å². The average Bonchev–Trinajstić information content (AvgIpc) is 3.17. The molecule has 2 aromatic rings. The molecule has 12 heteroatoms. The summed E-state index contributed by atoms with van der Waals surface area (Å²) < 4.78 is 98.6. The molecule has 0 bridgehead atoms. The van der Waals surface area contributed by atoms with Crippen LogP contribution in [0.5, 0.6) is 0 Å². The Labute approximate surface area is 208 Å². The molecule has 37 heavy (non-hydrogen) atoms. The summed E-state index contributed by atoms with van der Waals surface area (Å²) in [5, 5.41) is 2.54. The van der Waals surface area contributed by atoms with E-state index in [1.54, 1.807) is 20.8 Å². The second kappa shape index (κ2) is 10.2. The fraction of sp³-hybridized carbons (Fsp3) is 0.440. The number of hydrogen-bond donors (Lipinski definition) is 1. The number of alkyl halides is 7. The van der Waals surface area contributed by atoms with Crippen LogP contribution in [0.1, 0.15) is 43.9 Å². The van der Waals surface area contributed by atoms with Crippen molar-refractivity contribution in [2.75, 3.05) is 6.54 Å². The van der Waals surface area contributed by atoms with Crippen molar-refractivity contribution in [1.29, 1.82) is 0 Å². The van der Waals surface area contributed by atoms with Crippen LogP contribution >= 0.6 is 0 Å². The molecule has 0 aliphatic carbocycles. The molecule has 1 N–H and O–H groups in total. The van der Waals surface area contributed by atoms with E-state index in [2.05, 4.69) is 5.32 Å². The van der Waals surface area contributed by atoms with Crippen LogP contribution in [0.4, 0.5) is 35.5 Å². The number of carbonyl (C=O) groups excluding carboxylic acids is 2. The molecule has 2 atom stereocenters. The molecule has 2 aromatic carbocycles. The van der Waals surface area contributed by atoms with Gasteiger partial charge >= 0.3 is 18.4 Å². The maximum absolute atomic E-state index is 14.0. The lowest BCUT2D eigenvalue weighted by Gasteiger charge is -2.27. The van der Waals surface area contributed by atoms with Crippen LogP contribution in [0.25, 0.3) is 11.1 Å². The van der Waals surface area contributed by atoms with E-state index in [4.69, 9.17) is 4.74 Å². The maximum atomic E-state index is 14.0. The highest BCUT2D eigenvalue weighted by molar-refractivity contribution is 5.86. The van der Waals surface area contributed by atoms with E-state index in [0.29, 0.717) is 17.7 Å². The highest BCUT2D eigenvalue weighted by atomic mass is 19.4. The van der Waals surface area contributed by atoms with Gasteiger partial charge in [0.05, 0.1) is 17.7 Å². The van der Waals surface area contributed by atoms with Crippen molar-refractivity contribution >= 4 is 12.0 Å². The van der Waals surface area contributed by atoms with Crippen molar-refractivity contribution < 1.29 is 45.1 Å². The van der Waals surface area contributed by atoms with Crippen molar-refractivity contribution in [2.24, 2.45) is 0 Å². The number of ether oxygens (including phenoxy) is 1. The van der Waals surface area contributed by atoms with Crippen LogP contribution in [0, 0.1) is 0 Å². The molecule has 0 spiro atoms. The summed E-state index contributed by atoms with van der Waals surface area (Å²) in [6.45, 7) is 4.39. The third-order valence-corrected chi connectivity index (χ3v) is 5.50. The lowest BCUT2D eigenvalue weighted by molar-refractivity contribution is -0.143. The van der Waals surface area contributed by atoms with E-state index in [1.165, 1.54) is 24.3 Å². The quantitative estimate of drug-likeness (QED) is 0.465. The molecule has 2 unspecified atom stereocenters. The predicted octanol–water partition coefficient (Wildman–Crippen LogP) is 6.35. The minimum atomic E-state index is -4.99. The molecule has 2 amide bonds. The molecule has 3 rings (SSSR count). The number of carbonyl (C=O) groups is 2. The molecule has 1 aliphatic heterocycles. The molecule has 0 aromatic heterocycles. The Morgan fingerprint density at radius 3 is 2.08 bits per heavy atom. The lowest BCUT2D eigenvalue weighted by atomic mass is 9.97. The first kappa shape index (κ1) is 28.3. The molecule has 1 saturated heterocycles. The third kappa shape index (κ3) is 7.36. The number of benzene rings is 2. The lowest BCUT2D eigenvalue weighted by Crippen LogP contribution is -2.47. The highest BCUT2D eigenvalue weighted by Crippen LogP contribution is 2.38. The summed E-state index contributed by atoms with van der Waals surface area (Å²) in [4.78, 5) is 26.1. The van der Waals surface area contributed by atoms with Crippen LogP contribution < -0.4 is 5.32 Å². The minimum absolute atomic E-state index is 0.0454. The molecule has 1 aliphatic rings. The maximum Gasteiger partial charge on any atom is 0.416 e. The van der Waals surface area contributed by atoms with Gasteiger partial charge in [-0.3, -0.25) is 9.69 Å². The highest BCUT2D eigenvalue weighted by Gasteiger charge is 2.41. The number of hydrogen-bond acceptors (Lipinski definition) is 3. The summed E-state index contributed by atoms with van der Waals surface area (Å²) in [5.74, 6) is -0.671. The van der Waals surface area contributed by atoms with Crippen LogP contribution in [-0.4, -0.2) is 41.3 Å². The second-order valence-electron chi connectivity index (χ2n) is 9.69. The van der Waals surface area contributed by atoms with Crippen molar-refractivity contribution in [3.8, 4) is 11.1 Å². The van der Waals surface area contributed by atoms with Crippen LogP contribution in [0.2, 0.25) is 0 Å². The number of amides is 2.